The molecule has 0 fully saturated rings. The van der Waals surface area contributed by atoms with Gasteiger partial charge in [0, 0.05) is 12.1 Å². The fraction of sp³-hybridized carbons (Fsp3) is 0.350. The first-order valence-corrected chi connectivity index (χ1v) is 8.28. The van der Waals surface area contributed by atoms with Crippen LogP contribution in [0.25, 0.3) is 0 Å². The van der Waals surface area contributed by atoms with Gasteiger partial charge in [-0.15, -0.1) is 13.2 Å². The predicted molar refractivity (Wildman–Crippen MR) is 95.2 cm³/mol. The molecule has 140 valence electrons. The van der Waals surface area contributed by atoms with E-state index in [0.29, 0.717) is 12.1 Å². The zero-order valence-electron chi connectivity index (χ0n) is 15.0. The minimum atomic E-state index is -4.73. The van der Waals surface area contributed by atoms with Crippen LogP contribution < -0.4 is 10.1 Å². The molecule has 0 heterocycles. The van der Waals surface area contributed by atoms with Crippen molar-refractivity contribution in [1.29, 1.82) is 0 Å². The molecule has 0 aromatic heterocycles. The van der Waals surface area contributed by atoms with Crippen LogP contribution in [-0.4, -0.2) is 12.3 Å². The molecule has 0 radical (unpaired) electrons. The van der Waals surface area contributed by atoms with Crippen LogP contribution in [0.2, 0.25) is 0 Å². The standard InChI is InChI=1S/C20H22F3NO2/c1-19(2,3)15-7-4-14(5-8-15)6-13-18(25)24-16-9-11-17(12-10-16)26-20(21,22)23/h4-5,7-12H,6,13H2,1-3H3,(H,24,25). The second-order valence-electron chi connectivity index (χ2n) is 7.07. The average Bonchev–Trinajstić information content (AvgIpc) is 2.53. The number of carbonyl (C=O) groups excluding carboxylic acids is 1. The van der Waals surface area contributed by atoms with E-state index in [1.165, 1.54) is 17.7 Å². The van der Waals surface area contributed by atoms with Gasteiger partial charge in [0.25, 0.3) is 0 Å². The molecule has 0 saturated heterocycles. The summed E-state index contributed by atoms with van der Waals surface area (Å²) in [6.07, 6.45) is -3.85. The van der Waals surface area contributed by atoms with Crippen LogP contribution in [0, 0.1) is 0 Å². The lowest BCUT2D eigenvalue weighted by Crippen LogP contribution is -2.17. The number of ether oxygens (including phenoxy) is 1. The van der Waals surface area contributed by atoms with Crippen LogP contribution in [0.1, 0.15) is 38.3 Å². The van der Waals surface area contributed by atoms with Crippen molar-refractivity contribution in [3.8, 4) is 5.75 Å². The lowest BCUT2D eigenvalue weighted by atomic mass is 9.86. The van der Waals surface area contributed by atoms with Gasteiger partial charge in [-0.25, -0.2) is 0 Å². The molecule has 1 N–H and O–H groups in total. The van der Waals surface area contributed by atoms with E-state index in [1.54, 1.807) is 0 Å². The third kappa shape index (κ3) is 6.43. The van der Waals surface area contributed by atoms with Gasteiger partial charge in [0.1, 0.15) is 5.75 Å². The van der Waals surface area contributed by atoms with Gasteiger partial charge in [-0.3, -0.25) is 4.79 Å². The first-order chi connectivity index (χ1) is 12.0. The molecule has 1 amide bonds. The average molecular weight is 365 g/mol. The van der Waals surface area contributed by atoms with Crippen LogP contribution in [0.4, 0.5) is 18.9 Å². The number of nitrogens with one attached hydrogen (secondary N) is 1. The first kappa shape index (κ1) is 19.8. The van der Waals surface area contributed by atoms with E-state index in [2.05, 4.69) is 43.0 Å². The van der Waals surface area contributed by atoms with Crippen LogP contribution in [0.3, 0.4) is 0 Å². The first-order valence-electron chi connectivity index (χ1n) is 8.28. The van der Waals surface area contributed by atoms with Crippen molar-refractivity contribution < 1.29 is 22.7 Å². The van der Waals surface area contributed by atoms with E-state index >= 15 is 0 Å². The number of hydrogen-bond acceptors (Lipinski definition) is 2. The second-order valence-corrected chi connectivity index (χ2v) is 7.07. The number of halogens is 3. The summed E-state index contributed by atoms with van der Waals surface area (Å²) in [4.78, 5) is 12.0. The number of anilines is 1. The summed E-state index contributed by atoms with van der Waals surface area (Å²) in [5, 5.41) is 2.66. The summed E-state index contributed by atoms with van der Waals surface area (Å²) >= 11 is 0. The molecule has 6 heteroatoms. The van der Waals surface area contributed by atoms with Gasteiger partial charge >= 0.3 is 6.36 Å². The molecule has 0 atom stereocenters. The van der Waals surface area contributed by atoms with Crippen molar-refractivity contribution in [3.63, 3.8) is 0 Å². The van der Waals surface area contributed by atoms with E-state index in [0.717, 1.165) is 17.7 Å². The summed E-state index contributed by atoms with van der Waals surface area (Å²) in [6, 6.07) is 13.2. The number of rotatable bonds is 5. The lowest BCUT2D eigenvalue weighted by molar-refractivity contribution is -0.274. The number of aryl methyl sites for hydroxylation is 1. The fourth-order valence-electron chi connectivity index (χ4n) is 2.39. The Labute approximate surface area is 151 Å². The molecule has 0 spiro atoms. The van der Waals surface area contributed by atoms with Gasteiger partial charge in [0.15, 0.2) is 0 Å². The number of carbonyl (C=O) groups is 1. The maximum atomic E-state index is 12.1. The van der Waals surface area contributed by atoms with Crippen molar-refractivity contribution in [3.05, 3.63) is 59.7 Å². The summed E-state index contributed by atoms with van der Waals surface area (Å²) in [7, 11) is 0. The van der Waals surface area contributed by atoms with Crippen molar-refractivity contribution in [2.45, 2.75) is 45.4 Å². The Morgan fingerprint density at radius 3 is 2.04 bits per heavy atom. The Kier molecular flexibility index (Phi) is 5.95. The number of amides is 1. The Bertz CT molecular complexity index is 730. The molecule has 0 saturated carbocycles. The molecule has 3 nitrogen and oxygen atoms in total. The zero-order valence-corrected chi connectivity index (χ0v) is 15.0. The molecule has 0 aliphatic carbocycles. The Morgan fingerprint density at radius 1 is 0.962 bits per heavy atom. The number of alkyl halides is 3. The van der Waals surface area contributed by atoms with Crippen LogP contribution in [0.15, 0.2) is 48.5 Å². The van der Waals surface area contributed by atoms with E-state index < -0.39 is 6.36 Å². The quantitative estimate of drug-likeness (QED) is 0.765. The third-order valence-electron chi connectivity index (χ3n) is 3.83. The summed E-state index contributed by atoms with van der Waals surface area (Å²) < 4.78 is 40.1. The molecule has 0 unspecified atom stereocenters. The SMILES string of the molecule is CC(C)(C)c1ccc(CCC(=O)Nc2ccc(OC(F)(F)F)cc2)cc1. The molecule has 2 aromatic rings. The highest BCUT2D eigenvalue weighted by molar-refractivity contribution is 5.90. The summed E-state index contributed by atoms with van der Waals surface area (Å²) in [5.74, 6) is -0.524. The molecule has 26 heavy (non-hydrogen) atoms. The van der Waals surface area contributed by atoms with E-state index in [-0.39, 0.29) is 23.5 Å². The zero-order chi connectivity index (χ0) is 19.4. The highest BCUT2D eigenvalue weighted by atomic mass is 19.4. The highest BCUT2D eigenvalue weighted by Gasteiger charge is 2.30. The van der Waals surface area contributed by atoms with Gasteiger partial charge < -0.3 is 10.1 Å². The highest BCUT2D eigenvalue weighted by Crippen LogP contribution is 2.24. The van der Waals surface area contributed by atoms with E-state index in [9.17, 15) is 18.0 Å². The van der Waals surface area contributed by atoms with Crippen LogP contribution >= 0.6 is 0 Å². The molecule has 2 aromatic carbocycles. The summed E-state index contributed by atoms with van der Waals surface area (Å²) in [6.45, 7) is 6.42. The Morgan fingerprint density at radius 2 is 1.54 bits per heavy atom. The van der Waals surface area contributed by atoms with Gasteiger partial charge in [0.05, 0.1) is 0 Å². The largest absolute Gasteiger partial charge is 0.573 e. The maximum Gasteiger partial charge on any atom is 0.573 e. The second kappa shape index (κ2) is 7.81. The smallest absolute Gasteiger partial charge is 0.406 e. The summed E-state index contributed by atoms with van der Waals surface area (Å²) in [5.41, 5.74) is 2.79. The van der Waals surface area contributed by atoms with Gasteiger partial charge in [-0.2, -0.15) is 0 Å². The molecular formula is C20H22F3NO2. The monoisotopic (exact) mass is 365 g/mol. The lowest BCUT2D eigenvalue weighted by Gasteiger charge is -2.19. The topological polar surface area (TPSA) is 38.3 Å². The van der Waals surface area contributed by atoms with Crippen molar-refractivity contribution >= 4 is 11.6 Å². The minimum Gasteiger partial charge on any atom is -0.406 e. The van der Waals surface area contributed by atoms with Crippen LogP contribution in [0.5, 0.6) is 5.75 Å². The Hall–Kier alpha value is -2.50. The Balaban J connectivity index is 1.85. The third-order valence-corrected chi connectivity index (χ3v) is 3.83. The van der Waals surface area contributed by atoms with Crippen molar-refractivity contribution in [2.24, 2.45) is 0 Å². The van der Waals surface area contributed by atoms with Gasteiger partial charge in [0.2, 0.25) is 5.91 Å². The molecule has 0 aliphatic rings. The molecule has 2 rings (SSSR count). The van der Waals surface area contributed by atoms with E-state index in [4.69, 9.17) is 0 Å². The maximum absolute atomic E-state index is 12.1. The van der Waals surface area contributed by atoms with Gasteiger partial charge in [-0.05, 0) is 47.2 Å². The number of benzene rings is 2. The molecular weight excluding hydrogens is 343 g/mol. The van der Waals surface area contributed by atoms with Crippen LogP contribution in [-0.2, 0) is 16.6 Å². The predicted octanol–water partition coefficient (Wildman–Crippen LogP) is 5.45. The molecule has 0 bridgehead atoms. The molecule has 0 aliphatic heterocycles. The number of hydrogen-bond donors (Lipinski definition) is 1. The fourth-order valence-corrected chi connectivity index (χ4v) is 2.39. The van der Waals surface area contributed by atoms with E-state index in [1.807, 2.05) is 12.1 Å². The van der Waals surface area contributed by atoms with Crippen molar-refractivity contribution in [2.75, 3.05) is 5.32 Å². The normalized spacial score (nSPS) is 11.9. The van der Waals surface area contributed by atoms with Crippen molar-refractivity contribution in [1.82, 2.24) is 0 Å². The minimum absolute atomic E-state index is 0.0812. The van der Waals surface area contributed by atoms with Gasteiger partial charge in [-0.1, -0.05) is 45.0 Å².